The molecule has 8 heteroatoms. The van der Waals surface area contributed by atoms with Crippen LogP contribution in [0.1, 0.15) is 21.8 Å². The highest BCUT2D eigenvalue weighted by molar-refractivity contribution is 5.92. The molecule has 8 nitrogen and oxygen atoms in total. The number of rotatable bonds is 4. The first-order valence-corrected chi connectivity index (χ1v) is 7.99. The van der Waals surface area contributed by atoms with E-state index >= 15 is 0 Å². The maximum atomic E-state index is 12.1. The fourth-order valence-electron chi connectivity index (χ4n) is 2.81. The van der Waals surface area contributed by atoms with Gasteiger partial charge in [0.05, 0.1) is 31.2 Å². The van der Waals surface area contributed by atoms with Crippen molar-refractivity contribution in [2.24, 2.45) is 0 Å². The molecule has 0 unspecified atom stereocenters. The third kappa shape index (κ3) is 3.03. The fraction of sp³-hybridized carbons (Fsp3) is 0.294. The van der Waals surface area contributed by atoms with Crippen LogP contribution in [0.15, 0.2) is 41.3 Å². The van der Waals surface area contributed by atoms with Crippen molar-refractivity contribution in [1.82, 2.24) is 25.3 Å². The van der Waals surface area contributed by atoms with Crippen molar-refractivity contribution >= 4 is 5.91 Å². The predicted octanol–water partition coefficient (Wildman–Crippen LogP) is 1.57. The molecule has 3 aromatic heterocycles. The smallest absolute Gasteiger partial charge is 0.287 e. The molecule has 1 atom stereocenters. The molecule has 128 valence electrons. The second-order valence-electron chi connectivity index (χ2n) is 5.88. The van der Waals surface area contributed by atoms with Crippen LogP contribution in [-0.4, -0.2) is 38.5 Å². The van der Waals surface area contributed by atoms with Crippen LogP contribution in [-0.2, 0) is 17.9 Å². The summed E-state index contributed by atoms with van der Waals surface area (Å²) in [5.74, 6) is 0.0858. The normalized spacial score (nSPS) is 16.4. The number of carbonyl (C=O) groups excluding carboxylic acids is 1. The summed E-state index contributed by atoms with van der Waals surface area (Å²) in [5.41, 5.74) is 3.41. The van der Waals surface area contributed by atoms with E-state index in [-0.39, 0.29) is 12.0 Å². The molecule has 0 radical (unpaired) electrons. The molecule has 0 aromatic carbocycles. The van der Waals surface area contributed by atoms with E-state index in [2.05, 4.69) is 20.6 Å². The maximum absolute atomic E-state index is 12.1. The lowest BCUT2D eigenvalue weighted by Crippen LogP contribution is -2.39. The van der Waals surface area contributed by atoms with E-state index in [4.69, 9.17) is 9.15 Å². The van der Waals surface area contributed by atoms with Gasteiger partial charge in [-0.05, 0) is 25.1 Å². The predicted molar refractivity (Wildman–Crippen MR) is 87.6 cm³/mol. The molecule has 3 aromatic rings. The first kappa shape index (κ1) is 15.5. The van der Waals surface area contributed by atoms with Gasteiger partial charge in [0.15, 0.2) is 5.76 Å². The van der Waals surface area contributed by atoms with E-state index in [1.165, 1.54) is 6.26 Å². The van der Waals surface area contributed by atoms with Crippen LogP contribution >= 0.6 is 0 Å². The molecule has 0 aliphatic carbocycles. The Hall–Kier alpha value is -3.00. The number of aryl methyl sites for hydroxylation is 1. The van der Waals surface area contributed by atoms with Crippen molar-refractivity contribution < 1.29 is 13.9 Å². The topological polar surface area (TPSA) is 95.1 Å². The van der Waals surface area contributed by atoms with Crippen LogP contribution in [0.2, 0.25) is 0 Å². The zero-order valence-electron chi connectivity index (χ0n) is 13.7. The Kier molecular flexibility index (Phi) is 4.02. The quantitative estimate of drug-likeness (QED) is 0.775. The van der Waals surface area contributed by atoms with E-state index in [1.807, 2.05) is 23.7 Å². The Morgan fingerprint density at radius 3 is 3.12 bits per heavy atom. The molecule has 0 fully saturated rings. The van der Waals surface area contributed by atoms with E-state index in [9.17, 15) is 4.79 Å². The Bertz CT molecular complexity index is 887. The number of fused-ring (bicyclic) bond motifs is 1. The van der Waals surface area contributed by atoms with Gasteiger partial charge in [0.1, 0.15) is 5.69 Å². The SMILES string of the molecule is Cc1ccoc1C(=O)NC[C@H]1Cn2nnc(-c3cccnc3)c2CO1. The molecule has 25 heavy (non-hydrogen) atoms. The van der Waals surface area contributed by atoms with Gasteiger partial charge in [-0.1, -0.05) is 5.21 Å². The Labute approximate surface area is 143 Å². The molecular formula is C17H17N5O3. The lowest BCUT2D eigenvalue weighted by molar-refractivity contribution is 0.00162. The second-order valence-corrected chi connectivity index (χ2v) is 5.88. The van der Waals surface area contributed by atoms with Crippen LogP contribution in [0.3, 0.4) is 0 Å². The largest absolute Gasteiger partial charge is 0.459 e. The van der Waals surface area contributed by atoms with E-state index in [1.54, 1.807) is 18.5 Å². The molecular weight excluding hydrogens is 322 g/mol. The molecule has 0 saturated heterocycles. The summed E-state index contributed by atoms with van der Waals surface area (Å²) < 4.78 is 12.9. The summed E-state index contributed by atoms with van der Waals surface area (Å²) in [6.45, 7) is 3.12. The molecule has 1 amide bonds. The first-order chi connectivity index (χ1) is 12.2. The van der Waals surface area contributed by atoms with E-state index in [0.717, 1.165) is 22.5 Å². The van der Waals surface area contributed by atoms with Crippen LogP contribution in [0.25, 0.3) is 11.3 Å². The highest BCUT2D eigenvalue weighted by Crippen LogP contribution is 2.24. The summed E-state index contributed by atoms with van der Waals surface area (Å²) >= 11 is 0. The zero-order chi connectivity index (χ0) is 17.2. The van der Waals surface area contributed by atoms with Gasteiger partial charge in [-0.25, -0.2) is 4.68 Å². The average Bonchev–Trinajstić information content (AvgIpc) is 3.26. The van der Waals surface area contributed by atoms with Gasteiger partial charge in [-0.15, -0.1) is 5.10 Å². The summed E-state index contributed by atoms with van der Waals surface area (Å²) in [7, 11) is 0. The molecule has 0 spiro atoms. The highest BCUT2D eigenvalue weighted by atomic mass is 16.5. The van der Waals surface area contributed by atoms with Crippen LogP contribution in [0.4, 0.5) is 0 Å². The van der Waals surface area contributed by atoms with Gasteiger partial charge in [0.25, 0.3) is 5.91 Å². The molecule has 1 aliphatic heterocycles. The second kappa shape index (κ2) is 6.48. The van der Waals surface area contributed by atoms with Crippen LogP contribution in [0, 0.1) is 6.92 Å². The third-order valence-electron chi connectivity index (χ3n) is 4.16. The molecule has 4 heterocycles. The molecule has 1 N–H and O–H groups in total. The minimum Gasteiger partial charge on any atom is -0.459 e. The number of nitrogens with zero attached hydrogens (tertiary/aromatic N) is 4. The number of hydrogen-bond acceptors (Lipinski definition) is 6. The van der Waals surface area contributed by atoms with Gasteiger partial charge < -0.3 is 14.5 Å². The van der Waals surface area contributed by atoms with Crippen molar-refractivity contribution in [1.29, 1.82) is 0 Å². The first-order valence-electron chi connectivity index (χ1n) is 7.99. The number of carbonyl (C=O) groups is 1. The lowest BCUT2D eigenvalue weighted by atomic mass is 10.1. The van der Waals surface area contributed by atoms with Gasteiger partial charge >= 0.3 is 0 Å². The van der Waals surface area contributed by atoms with E-state index < -0.39 is 0 Å². The Morgan fingerprint density at radius 1 is 1.44 bits per heavy atom. The molecule has 0 saturated carbocycles. The Balaban J connectivity index is 1.41. The maximum Gasteiger partial charge on any atom is 0.287 e. The monoisotopic (exact) mass is 339 g/mol. The van der Waals surface area contributed by atoms with Gasteiger partial charge in [-0.2, -0.15) is 0 Å². The summed E-state index contributed by atoms with van der Waals surface area (Å²) in [4.78, 5) is 16.2. The fourth-order valence-corrected chi connectivity index (χ4v) is 2.81. The van der Waals surface area contributed by atoms with Crippen LogP contribution in [0.5, 0.6) is 0 Å². The number of aromatic nitrogens is 4. The van der Waals surface area contributed by atoms with Crippen molar-refractivity contribution in [3.05, 3.63) is 53.9 Å². The summed E-state index contributed by atoms with van der Waals surface area (Å²) in [6, 6.07) is 5.56. The number of pyridine rings is 1. The number of amides is 1. The van der Waals surface area contributed by atoms with Gasteiger partial charge in [-0.3, -0.25) is 9.78 Å². The number of ether oxygens (including phenoxy) is 1. The Morgan fingerprint density at radius 2 is 2.36 bits per heavy atom. The highest BCUT2D eigenvalue weighted by Gasteiger charge is 2.25. The van der Waals surface area contributed by atoms with Gasteiger partial charge in [0.2, 0.25) is 0 Å². The molecule has 4 rings (SSSR count). The molecule has 0 bridgehead atoms. The number of hydrogen-bond donors (Lipinski definition) is 1. The van der Waals surface area contributed by atoms with Crippen molar-refractivity contribution in [3.8, 4) is 11.3 Å². The third-order valence-corrected chi connectivity index (χ3v) is 4.16. The lowest BCUT2D eigenvalue weighted by Gasteiger charge is -2.24. The zero-order valence-corrected chi connectivity index (χ0v) is 13.7. The summed E-state index contributed by atoms with van der Waals surface area (Å²) in [5, 5.41) is 11.3. The minimum atomic E-state index is -0.244. The molecule has 1 aliphatic rings. The van der Waals surface area contributed by atoms with E-state index in [0.29, 0.717) is 25.5 Å². The average molecular weight is 339 g/mol. The standard InChI is InChI=1S/C17H17N5O3/c1-11-4-6-24-16(11)17(23)19-8-13-9-22-14(10-25-13)15(20-21-22)12-3-2-5-18-7-12/h2-7,13H,8-10H2,1H3,(H,19,23)/t13-/m0/s1. The number of nitrogens with one attached hydrogen (secondary N) is 1. The van der Waals surface area contributed by atoms with Gasteiger partial charge in [0, 0.05) is 30.1 Å². The number of furan rings is 1. The van der Waals surface area contributed by atoms with Crippen molar-refractivity contribution in [2.45, 2.75) is 26.2 Å². The van der Waals surface area contributed by atoms with Crippen LogP contribution < -0.4 is 5.32 Å². The summed E-state index contributed by atoms with van der Waals surface area (Å²) in [6.07, 6.45) is 4.80. The van der Waals surface area contributed by atoms with Crippen molar-refractivity contribution in [3.63, 3.8) is 0 Å². The van der Waals surface area contributed by atoms with Crippen molar-refractivity contribution in [2.75, 3.05) is 6.54 Å². The minimum absolute atomic E-state index is 0.171.